The molecule has 4 nitrogen and oxygen atoms in total. The molecule has 1 aromatic carbocycles. The van der Waals surface area contributed by atoms with Crippen LogP contribution in [0.25, 0.3) is 4.96 Å². The highest BCUT2D eigenvalue weighted by Crippen LogP contribution is 2.18. The Labute approximate surface area is 112 Å². The highest BCUT2D eigenvalue weighted by Gasteiger charge is 2.05. The van der Waals surface area contributed by atoms with Crippen LogP contribution < -0.4 is 4.74 Å². The number of imidazole rings is 1. The molecule has 3 aromatic rings. The van der Waals surface area contributed by atoms with E-state index in [1.807, 2.05) is 22.2 Å². The molecule has 2 heterocycles. The minimum atomic E-state index is -0.424. The molecule has 0 amide bonds. The van der Waals surface area contributed by atoms with Gasteiger partial charge < -0.3 is 9.84 Å². The molecule has 3 rings (SSSR count). The summed E-state index contributed by atoms with van der Waals surface area (Å²) in [6, 6.07) is 4.18. The zero-order valence-corrected chi connectivity index (χ0v) is 10.7. The Balaban J connectivity index is 1.75. The molecule has 0 aliphatic carbocycles. The third kappa shape index (κ3) is 2.59. The molecule has 98 valence electrons. The maximum Gasteiger partial charge on any atom is 0.193 e. The molecule has 0 atom stereocenters. The maximum atomic E-state index is 13.2. The van der Waals surface area contributed by atoms with Crippen molar-refractivity contribution in [3.05, 3.63) is 53.0 Å². The largest absolute Gasteiger partial charge is 0.487 e. The average molecular weight is 278 g/mol. The molecular formula is C13H11FN2O2S. The third-order valence-corrected chi connectivity index (χ3v) is 3.41. The number of hydrogen-bond donors (Lipinski definition) is 1. The van der Waals surface area contributed by atoms with Gasteiger partial charge in [0.15, 0.2) is 4.96 Å². The van der Waals surface area contributed by atoms with Crippen molar-refractivity contribution in [2.75, 3.05) is 0 Å². The summed E-state index contributed by atoms with van der Waals surface area (Å²) in [5.74, 6) is -0.0345. The summed E-state index contributed by atoms with van der Waals surface area (Å²) >= 11 is 1.54. The van der Waals surface area contributed by atoms with Gasteiger partial charge in [0.1, 0.15) is 18.2 Å². The van der Waals surface area contributed by atoms with Gasteiger partial charge in [-0.15, -0.1) is 11.3 Å². The molecule has 0 unspecified atom stereocenters. The first-order chi connectivity index (χ1) is 9.24. The van der Waals surface area contributed by atoms with Crippen LogP contribution in [0, 0.1) is 5.82 Å². The standard InChI is InChI=1S/C13H11FN2O2S/c14-10-3-9(7-17)4-12(5-10)18-8-11-6-16-1-2-19-13(16)15-11/h1-6,17H,7-8H2. The van der Waals surface area contributed by atoms with Gasteiger partial charge in [0.2, 0.25) is 0 Å². The first-order valence-electron chi connectivity index (χ1n) is 5.69. The molecule has 0 radical (unpaired) electrons. The van der Waals surface area contributed by atoms with E-state index in [0.29, 0.717) is 11.3 Å². The van der Waals surface area contributed by atoms with Crippen LogP contribution in [0.1, 0.15) is 11.3 Å². The van der Waals surface area contributed by atoms with E-state index < -0.39 is 5.82 Å². The van der Waals surface area contributed by atoms with Gasteiger partial charge in [0.05, 0.1) is 12.3 Å². The lowest BCUT2D eigenvalue weighted by Crippen LogP contribution is -1.97. The summed E-state index contributed by atoms with van der Waals surface area (Å²) in [6.45, 7) is 0.0526. The van der Waals surface area contributed by atoms with Crippen LogP contribution in [0.2, 0.25) is 0 Å². The van der Waals surface area contributed by atoms with Gasteiger partial charge in [-0.1, -0.05) is 0 Å². The summed E-state index contributed by atoms with van der Waals surface area (Å²) in [6.07, 6.45) is 3.79. The molecule has 2 aromatic heterocycles. The van der Waals surface area contributed by atoms with Crippen LogP contribution >= 0.6 is 11.3 Å². The second-order valence-electron chi connectivity index (χ2n) is 4.07. The number of benzene rings is 1. The summed E-state index contributed by atoms with van der Waals surface area (Å²) in [5.41, 5.74) is 1.27. The smallest absolute Gasteiger partial charge is 0.193 e. The minimum absolute atomic E-state index is 0.214. The highest BCUT2D eigenvalue weighted by molar-refractivity contribution is 7.15. The normalized spacial score (nSPS) is 11.1. The predicted octanol–water partition coefficient (Wildman–Crippen LogP) is 2.61. The third-order valence-electron chi connectivity index (χ3n) is 2.64. The Morgan fingerprint density at radius 1 is 1.37 bits per heavy atom. The van der Waals surface area contributed by atoms with Gasteiger partial charge in [-0.3, -0.25) is 4.40 Å². The number of rotatable bonds is 4. The van der Waals surface area contributed by atoms with Crippen molar-refractivity contribution < 1.29 is 14.2 Å². The van der Waals surface area contributed by atoms with Gasteiger partial charge in [-0.05, 0) is 17.7 Å². The number of nitrogens with zero attached hydrogens (tertiary/aromatic N) is 2. The van der Waals surface area contributed by atoms with E-state index in [2.05, 4.69) is 4.98 Å². The van der Waals surface area contributed by atoms with Gasteiger partial charge in [-0.2, -0.15) is 0 Å². The number of fused-ring (bicyclic) bond motifs is 1. The zero-order valence-electron chi connectivity index (χ0n) is 9.91. The van der Waals surface area contributed by atoms with E-state index in [0.717, 1.165) is 10.7 Å². The van der Waals surface area contributed by atoms with Crippen molar-refractivity contribution in [3.63, 3.8) is 0 Å². The van der Waals surface area contributed by atoms with Crippen molar-refractivity contribution >= 4 is 16.3 Å². The average Bonchev–Trinajstić information content (AvgIpc) is 2.96. The number of aromatic nitrogens is 2. The quantitative estimate of drug-likeness (QED) is 0.798. The van der Waals surface area contributed by atoms with Crippen molar-refractivity contribution in [1.82, 2.24) is 9.38 Å². The van der Waals surface area contributed by atoms with Crippen LogP contribution in [0.5, 0.6) is 5.75 Å². The van der Waals surface area contributed by atoms with Crippen LogP contribution in [0.3, 0.4) is 0 Å². The zero-order chi connectivity index (χ0) is 13.2. The molecule has 6 heteroatoms. The Bertz CT molecular complexity index is 679. The Hall–Kier alpha value is -1.92. The Kier molecular flexibility index (Phi) is 3.18. The topological polar surface area (TPSA) is 46.8 Å². The molecule has 0 aliphatic rings. The first kappa shape index (κ1) is 12.1. The Morgan fingerprint density at radius 3 is 3.05 bits per heavy atom. The van der Waals surface area contributed by atoms with Crippen molar-refractivity contribution in [1.29, 1.82) is 0 Å². The van der Waals surface area contributed by atoms with E-state index in [4.69, 9.17) is 9.84 Å². The highest BCUT2D eigenvalue weighted by atomic mass is 32.1. The lowest BCUT2D eigenvalue weighted by atomic mass is 10.2. The van der Waals surface area contributed by atoms with Crippen molar-refractivity contribution in [2.45, 2.75) is 13.2 Å². The van der Waals surface area contributed by atoms with Crippen LogP contribution in [-0.2, 0) is 13.2 Å². The second-order valence-corrected chi connectivity index (χ2v) is 4.94. The van der Waals surface area contributed by atoms with E-state index >= 15 is 0 Å². The second kappa shape index (κ2) is 4.99. The van der Waals surface area contributed by atoms with E-state index in [9.17, 15) is 4.39 Å². The number of hydrogen-bond acceptors (Lipinski definition) is 4. The summed E-state index contributed by atoms with van der Waals surface area (Å²) in [5, 5.41) is 11.0. The fraction of sp³-hybridized carbons (Fsp3) is 0.154. The summed E-state index contributed by atoms with van der Waals surface area (Å²) < 4.78 is 20.7. The van der Waals surface area contributed by atoms with Gasteiger partial charge >= 0.3 is 0 Å². The van der Waals surface area contributed by atoms with E-state index in [1.54, 1.807) is 17.4 Å². The number of ether oxygens (including phenoxy) is 1. The predicted molar refractivity (Wildman–Crippen MR) is 69.7 cm³/mol. The fourth-order valence-corrected chi connectivity index (χ4v) is 2.52. The molecule has 0 saturated carbocycles. The SMILES string of the molecule is OCc1cc(F)cc(OCc2cn3ccsc3n2)c1. The molecule has 0 spiro atoms. The fourth-order valence-electron chi connectivity index (χ4n) is 1.80. The molecule has 0 saturated heterocycles. The van der Waals surface area contributed by atoms with Gasteiger partial charge in [-0.25, -0.2) is 9.37 Å². The minimum Gasteiger partial charge on any atom is -0.487 e. The molecule has 0 aliphatic heterocycles. The van der Waals surface area contributed by atoms with Gasteiger partial charge in [0, 0.05) is 23.8 Å². The lowest BCUT2D eigenvalue weighted by molar-refractivity contribution is 0.276. The molecule has 19 heavy (non-hydrogen) atoms. The van der Waals surface area contributed by atoms with Gasteiger partial charge in [0.25, 0.3) is 0 Å². The molecule has 1 N–H and O–H groups in total. The number of aliphatic hydroxyl groups is 1. The first-order valence-corrected chi connectivity index (χ1v) is 6.57. The van der Waals surface area contributed by atoms with Crippen molar-refractivity contribution in [3.8, 4) is 5.75 Å². The molecule has 0 fully saturated rings. The van der Waals surface area contributed by atoms with E-state index in [-0.39, 0.29) is 13.2 Å². The van der Waals surface area contributed by atoms with E-state index in [1.165, 1.54) is 12.1 Å². The summed E-state index contributed by atoms with van der Waals surface area (Å²) in [4.78, 5) is 5.26. The number of thiazole rings is 1. The Morgan fingerprint density at radius 2 is 2.26 bits per heavy atom. The number of aliphatic hydroxyl groups excluding tert-OH is 1. The van der Waals surface area contributed by atoms with Crippen molar-refractivity contribution in [2.24, 2.45) is 0 Å². The lowest BCUT2D eigenvalue weighted by Gasteiger charge is -2.06. The maximum absolute atomic E-state index is 13.2. The molecular weight excluding hydrogens is 267 g/mol. The van der Waals surface area contributed by atoms with Crippen LogP contribution in [0.4, 0.5) is 4.39 Å². The number of halogens is 1. The summed E-state index contributed by atoms with van der Waals surface area (Å²) in [7, 11) is 0. The monoisotopic (exact) mass is 278 g/mol. The van der Waals surface area contributed by atoms with Crippen LogP contribution in [-0.4, -0.2) is 14.5 Å². The molecule has 0 bridgehead atoms. The van der Waals surface area contributed by atoms with Crippen LogP contribution in [0.15, 0.2) is 36.0 Å².